The van der Waals surface area contributed by atoms with E-state index in [9.17, 15) is 9.59 Å². The Bertz CT molecular complexity index is 997. The molecule has 0 bridgehead atoms. The molecule has 1 heterocycles. The Kier molecular flexibility index (Phi) is 8.15. The molecule has 152 valence electrons. The summed E-state index contributed by atoms with van der Waals surface area (Å²) in [6, 6.07) is 6.24. The maximum absolute atomic E-state index is 12.9. The largest absolute Gasteiger partial charge is 0.334 e. The molecule has 11 heteroatoms. The van der Waals surface area contributed by atoms with Crippen LogP contribution in [0.3, 0.4) is 0 Å². The minimum Gasteiger partial charge on any atom is -0.334 e. The van der Waals surface area contributed by atoms with Crippen LogP contribution in [0.5, 0.6) is 0 Å². The summed E-state index contributed by atoms with van der Waals surface area (Å²) in [7, 11) is 1.29. The first-order chi connectivity index (χ1) is 13.7. The fourth-order valence-corrected chi connectivity index (χ4v) is 2.98. The van der Waals surface area contributed by atoms with Crippen LogP contribution >= 0.6 is 39.1 Å². The van der Waals surface area contributed by atoms with E-state index in [1.165, 1.54) is 25.4 Å². The van der Waals surface area contributed by atoms with Gasteiger partial charge in [0, 0.05) is 11.2 Å². The van der Waals surface area contributed by atoms with Gasteiger partial charge in [-0.1, -0.05) is 23.2 Å². The summed E-state index contributed by atoms with van der Waals surface area (Å²) in [6.07, 6.45) is 2.74. The summed E-state index contributed by atoms with van der Waals surface area (Å²) >= 11 is 15.1. The lowest BCUT2D eigenvalue weighted by Gasteiger charge is -2.16. The quantitative estimate of drug-likeness (QED) is 0.257. The number of anilines is 2. The molecule has 2 aromatic rings. The summed E-state index contributed by atoms with van der Waals surface area (Å²) in [5.74, 6) is -0.991. The number of rotatable bonds is 7. The highest BCUT2D eigenvalue weighted by atomic mass is 79.9. The Hall–Kier alpha value is -2.46. The first-order valence-corrected chi connectivity index (χ1v) is 9.56. The Morgan fingerprint density at radius 1 is 1.28 bits per heavy atom. The van der Waals surface area contributed by atoms with E-state index in [1.54, 1.807) is 25.1 Å². The van der Waals surface area contributed by atoms with Gasteiger partial charge in [0.2, 0.25) is 0 Å². The highest BCUT2D eigenvalue weighted by Crippen LogP contribution is 2.27. The van der Waals surface area contributed by atoms with Crippen LogP contribution in [0, 0.1) is 12.3 Å². The number of hydroxylamine groups is 1. The van der Waals surface area contributed by atoms with Crippen LogP contribution in [0.4, 0.5) is 11.5 Å². The zero-order valence-electron chi connectivity index (χ0n) is 15.3. The summed E-state index contributed by atoms with van der Waals surface area (Å²) < 4.78 is -0.0626. The predicted octanol–water partition coefficient (Wildman–Crippen LogP) is 4.29. The van der Waals surface area contributed by atoms with Gasteiger partial charge in [-0.05, 0) is 58.8 Å². The molecular weight excluding hydrogens is 485 g/mol. The molecule has 2 rings (SSSR count). The summed E-state index contributed by atoms with van der Waals surface area (Å²) in [4.78, 5) is 33.9. The fourth-order valence-electron chi connectivity index (χ4n) is 2.31. The Morgan fingerprint density at radius 2 is 2.00 bits per heavy atom. The van der Waals surface area contributed by atoms with Gasteiger partial charge >= 0.3 is 0 Å². The van der Waals surface area contributed by atoms with Crippen LogP contribution < -0.4 is 16.1 Å². The average molecular weight is 501 g/mol. The molecule has 4 N–H and O–H groups in total. The van der Waals surface area contributed by atoms with Crippen molar-refractivity contribution >= 4 is 67.1 Å². The monoisotopic (exact) mass is 499 g/mol. The number of pyridine rings is 1. The average Bonchev–Trinajstić information content (AvgIpc) is 2.64. The van der Waals surface area contributed by atoms with Gasteiger partial charge in [-0.25, -0.2) is 10.5 Å². The third-order valence-corrected chi connectivity index (χ3v) is 4.26. The second-order valence-electron chi connectivity index (χ2n) is 5.60. The normalized spacial score (nSPS) is 11.0. The lowest BCUT2D eigenvalue weighted by molar-refractivity contribution is -0.112. The minimum absolute atomic E-state index is 0.0278. The van der Waals surface area contributed by atoms with Crippen LogP contribution in [0.25, 0.3) is 0 Å². The van der Waals surface area contributed by atoms with Gasteiger partial charge in [-0.2, -0.15) is 0 Å². The van der Waals surface area contributed by atoms with Crippen molar-refractivity contribution in [2.45, 2.75) is 6.92 Å². The number of carbonyl (C=O) groups excluding carboxylic acids is 2. The molecular formula is C18H16BrCl2N5O3. The van der Waals surface area contributed by atoms with E-state index in [4.69, 9.17) is 28.6 Å². The fraction of sp³-hybridized carbons (Fsp3) is 0.111. The topological polar surface area (TPSA) is 116 Å². The number of nitrogens with zero attached hydrogens (tertiary/aromatic N) is 1. The summed E-state index contributed by atoms with van der Waals surface area (Å²) in [5.41, 5.74) is 3.05. The van der Waals surface area contributed by atoms with E-state index in [0.29, 0.717) is 10.6 Å². The van der Waals surface area contributed by atoms with Crippen LogP contribution in [0.1, 0.15) is 15.9 Å². The zero-order valence-corrected chi connectivity index (χ0v) is 18.4. The van der Waals surface area contributed by atoms with E-state index >= 15 is 0 Å². The number of nitrogens with one attached hydrogen (secondary N) is 4. The predicted molar refractivity (Wildman–Crippen MR) is 117 cm³/mol. The Labute approximate surface area is 185 Å². The van der Waals surface area contributed by atoms with E-state index in [2.05, 4.69) is 41.9 Å². The van der Waals surface area contributed by atoms with E-state index in [0.717, 1.165) is 0 Å². The van der Waals surface area contributed by atoms with Gasteiger partial charge in [-0.3, -0.25) is 19.8 Å². The maximum Gasteiger partial charge on any atom is 0.277 e. The van der Waals surface area contributed by atoms with Crippen molar-refractivity contribution in [3.8, 4) is 0 Å². The maximum atomic E-state index is 12.9. The highest BCUT2D eigenvalue weighted by Gasteiger charge is 2.20. The van der Waals surface area contributed by atoms with Crippen molar-refractivity contribution in [3.63, 3.8) is 0 Å². The molecule has 0 spiro atoms. The van der Waals surface area contributed by atoms with Crippen molar-refractivity contribution < 1.29 is 14.4 Å². The second-order valence-corrected chi connectivity index (χ2v) is 7.30. The molecule has 0 radical (unpaired) electrons. The van der Waals surface area contributed by atoms with Gasteiger partial charge in [0.1, 0.15) is 11.5 Å². The molecule has 0 fully saturated rings. The Morgan fingerprint density at radius 3 is 2.62 bits per heavy atom. The van der Waals surface area contributed by atoms with Crippen LogP contribution in [-0.4, -0.2) is 28.5 Å². The van der Waals surface area contributed by atoms with Gasteiger partial charge in [0.05, 0.1) is 28.0 Å². The van der Waals surface area contributed by atoms with Crippen molar-refractivity contribution in [3.05, 3.63) is 63.4 Å². The molecule has 0 saturated carbocycles. The van der Waals surface area contributed by atoms with Crippen LogP contribution in [-0.2, 0) is 9.63 Å². The van der Waals surface area contributed by atoms with E-state index < -0.39 is 11.8 Å². The second kappa shape index (κ2) is 10.4. The molecule has 0 aliphatic rings. The van der Waals surface area contributed by atoms with Gasteiger partial charge in [0.15, 0.2) is 0 Å². The number of hydrogen-bond donors (Lipinski definition) is 4. The number of carbonyl (C=O) groups is 2. The van der Waals surface area contributed by atoms with Crippen LogP contribution in [0.2, 0.25) is 10.0 Å². The molecule has 29 heavy (non-hydrogen) atoms. The first kappa shape index (κ1) is 22.8. The first-order valence-electron chi connectivity index (χ1n) is 8.01. The zero-order chi connectivity index (χ0) is 21.6. The third kappa shape index (κ3) is 6.26. The smallest absolute Gasteiger partial charge is 0.277 e. The van der Waals surface area contributed by atoms with E-state index in [-0.39, 0.29) is 32.4 Å². The van der Waals surface area contributed by atoms with Crippen molar-refractivity contribution in [2.24, 2.45) is 0 Å². The highest BCUT2D eigenvalue weighted by molar-refractivity contribution is 9.18. The third-order valence-electron chi connectivity index (χ3n) is 3.51. The lowest BCUT2D eigenvalue weighted by atomic mass is 10.1. The number of amides is 2. The molecule has 0 aliphatic carbocycles. The van der Waals surface area contributed by atoms with E-state index in [1.807, 2.05) is 0 Å². The number of halogens is 3. The molecule has 2 amide bonds. The standard InChI is InChI=1S/C18H16BrCl2N5O3/c1-9-6-10(20)7-11(17(27)26-29-2)15(9)25-18(28)13(8-14(19)22)24-16-12(21)4-3-5-23-16/h3-8,22H,1-2H3,(H,23,24)(H,25,28)(H,26,27)/b13-8-,22-14?. The number of aryl methyl sites for hydroxylation is 1. The minimum atomic E-state index is -0.632. The molecule has 8 nitrogen and oxygen atoms in total. The van der Waals surface area contributed by atoms with Gasteiger partial charge < -0.3 is 10.6 Å². The molecule has 1 aromatic heterocycles. The lowest BCUT2D eigenvalue weighted by Crippen LogP contribution is -2.26. The van der Waals surface area contributed by atoms with Crippen molar-refractivity contribution in [2.75, 3.05) is 17.7 Å². The number of benzene rings is 1. The molecule has 0 aliphatic heterocycles. The SMILES string of the molecule is CONC(=O)c1cc(Cl)cc(C)c1NC(=O)/C(=C/C(=N)Br)Nc1ncccc1Cl. The Balaban J connectivity index is 2.40. The number of aromatic nitrogens is 1. The van der Waals surface area contributed by atoms with Crippen molar-refractivity contribution in [1.82, 2.24) is 10.5 Å². The molecule has 0 unspecified atom stereocenters. The van der Waals surface area contributed by atoms with Crippen molar-refractivity contribution in [1.29, 1.82) is 5.41 Å². The number of hydrogen-bond acceptors (Lipinski definition) is 6. The van der Waals surface area contributed by atoms with Gasteiger partial charge in [-0.15, -0.1) is 0 Å². The molecule has 1 aromatic carbocycles. The molecule has 0 atom stereocenters. The summed E-state index contributed by atoms with van der Waals surface area (Å²) in [6.45, 7) is 1.68. The number of allylic oxidation sites excluding steroid dienone is 1. The summed E-state index contributed by atoms with van der Waals surface area (Å²) in [5, 5.41) is 13.7. The van der Waals surface area contributed by atoms with Gasteiger partial charge in [0.25, 0.3) is 11.8 Å². The molecule has 0 saturated heterocycles. The van der Waals surface area contributed by atoms with Crippen LogP contribution in [0.15, 0.2) is 42.2 Å².